The van der Waals surface area contributed by atoms with Crippen molar-refractivity contribution in [1.82, 2.24) is 14.5 Å². The molecule has 0 fully saturated rings. The van der Waals surface area contributed by atoms with Crippen molar-refractivity contribution in [3.63, 3.8) is 0 Å². The average molecular weight is 293 g/mol. The van der Waals surface area contributed by atoms with Gasteiger partial charge in [-0.15, -0.1) is 0 Å². The van der Waals surface area contributed by atoms with Gasteiger partial charge >= 0.3 is 0 Å². The highest BCUT2D eigenvalue weighted by molar-refractivity contribution is 7.89. The SMILES string of the molecule is Cn1nccc1S(=O)(=O)NC1c2ccccc2CC1O. The van der Waals surface area contributed by atoms with Crippen molar-refractivity contribution in [2.45, 2.75) is 23.6 Å². The van der Waals surface area contributed by atoms with Gasteiger partial charge in [-0.2, -0.15) is 9.82 Å². The number of fused-ring (bicyclic) bond motifs is 1. The molecular weight excluding hydrogens is 278 g/mol. The lowest BCUT2D eigenvalue weighted by atomic mass is 10.1. The van der Waals surface area contributed by atoms with Crippen LogP contribution in [0.3, 0.4) is 0 Å². The predicted octanol–water partition coefficient (Wildman–Crippen LogP) is 0.357. The summed E-state index contributed by atoms with van der Waals surface area (Å²) >= 11 is 0. The summed E-state index contributed by atoms with van der Waals surface area (Å²) in [5, 5.41) is 14.0. The van der Waals surface area contributed by atoms with Crippen molar-refractivity contribution in [3.05, 3.63) is 47.7 Å². The molecule has 0 bridgehead atoms. The lowest BCUT2D eigenvalue weighted by Crippen LogP contribution is -2.34. The molecular formula is C13H15N3O3S. The maximum atomic E-state index is 12.3. The van der Waals surface area contributed by atoms with Crippen LogP contribution in [-0.4, -0.2) is 29.4 Å². The van der Waals surface area contributed by atoms with Gasteiger partial charge in [-0.25, -0.2) is 8.42 Å². The Morgan fingerprint density at radius 3 is 2.80 bits per heavy atom. The molecule has 0 amide bonds. The lowest BCUT2D eigenvalue weighted by molar-refractivity contribution is 0.151. The Morgan fingerprint density at radius 1 is 1.35 bits per heavy atom. The Balaban J connectivity index is 1.94. The summed E-state index contributed by atoms with van der Waals surface area (Å²) in [5.41, 5.74) is 1.79. The van der Waals surface area contributed by atoms with E-state index in [9.17, 15) is 13.5 Å². The molecule has 106 valence electrons. The van der Waals surface area contributed by atoms with E-state index in [2.05, 4.69) is 9.82 Å². The van der Waals surface area contributed by atoms with Crippen LogP contribution in [0.15, 0.2) is 41.6 Å². The van der Waals surface area contributed by atoms with E-state index in [1.807, 2.05) is 24.3 Å². The normalized spacial score (nSPS) is 21.9. The smallest absolute Gasteiger partial charge is 0.258 e. The maximum absolute atomic E-state index is 12.3. The van der Waals surface area contributed by atoms with Gasteiger partial charge < -0.3 is 5.11 Å². The van der Waals surface area contributed by atoms with E-state index in [1.165, 1.54) is 16.9 Å². The van der Waals surface area contributed by atoms with Crippen LogP contribution < -0.4 is 4.72 Å². The zero-order chi connectivity index (χ0) is 14.3. The first kappa shape index (κ1) is 13.3. The second-order valence-electron chi connectivity index (χ2n) is 4.86. The molecule has 2 atom stereocenters. The fraction of sp³-hybridized carbons (Fsp3) is 0.308. The van der Waals surface area contributed by atoms with Gasteiger partial charge in [0.15, 0.2) is 5.03 Å². The van der Waals surface area contributed by atoms with Crippen LogP contribution in [-0.2, 0) is 23.5 Å². The largest absolute Gasteiger partial charge is 0.391 e. The summed E-state index contributed by atoms with van der Waals surface area (Å²) in [6, 6.07) is 8.26. The molecule has 20 heavy (non-hydrogen) atoms. The minimum atomic E-state index is -3.72. The fourth-order valence-corrected chi connectivity index (χ4v) is 3.94. The van der Waals surface area contributed by atoms with Gasteiger partial charge in [0.1, 0.15) is 0 Å². The number of nitrogens with zero attached hydrogens (tertiary/aromatic N) is 2. The third-order valence-electron chi connectivity index (χ3n) is 3.54. The molecule has 1 aromatic carbocycles. The number of aliphatic hydroxyl groups is 1. The van der Waals surface area contributed by atoms with Gasteiger partial charge in [-0.05, 0) is 17.2 Å². The molecule has 1 aliphatic carbocycles. The molecule has 0 radical (unpaired) electrons. The number of benzene rings is 1. The summed E-state index contributed by atoms with van der Waals surface area (Å²) in [4.78, 5) is 0. The highest BCUT2D eigenvalue weighted by Crippen LogP contribution is 2.32. The molecule has 0 saturated carbocycles. The van der Waals surface area contributed by atoms with Gasteiger partial charge in [0.25, 0.3) is 10.0 Å². The highest BCUT2D eigenvalue weighted by atomic mass is 32.2. The first-order chi connectivity index (χ1) is 9.49. The Bertz CT molecular complexity index is 739. The van der Waals surface area contributed by atoms with Crippen molar-refractivity contribution < 1.29 is 13.5 Å². The molecule has 0 saturated heterocycles. The summed E-state index contributed by atoms with van der Waals surface area (Å²) in [6.45, 7) is 0. The van der Waals surface area contributed by atoms with Crippen molar-refractivity contribution in [1.29, 1.82) is 0 Å². The van der Waals surface area contributed by atoms with Crippen molar-refractivity contribution in [3.8, 4) is 0 Å². The number of aliphatic hydroxyl groups excluding tert-OH is 1. The van der Waals surface area contributed by atoms with Crippen molar-refractivity contribution in [2.24, 2.45) is 7.05 Å². The van der Waals surface area contributed by atoms with Crippen LogP contribution >= 0.6 is 0 Å². The summed E-state index contributed by atoms with van der Waals surface area (Å²) in [6.07, 6.45) is 1.12. The molecule has 2 aromatic rings. The zero-order valence-corrected chi connectivity index (χ0v) is 11.7. The van der Waals surface area contributed by atoms with Crippen LogP contribution in [0.2, 0.25) is 0 Å². The molecule has 6 nitrogen and oxygen atoms in total. The number of aryl methyl sites for hydroxylation is 1. The molecule has 0 spiro atoms. The first-order valence-electron chi connectivity index (χ1n) is 6.25. The zero-order valence-electron chi connectivity index (χ0n) is 10.9. The minimum Gasteiger partial charge on any atom is -0.391 e. The summed E-state index contributed by atoms with van der Waals surface area (Å²) in [5.74, 6) is 0. The van der Waals surface area contributed by atoms with Gasteiger partial charge in [0.05, 0.1) is 18.3 Å². The van der Waals surface area contributed by atoms with E-state index >= 15 is 0 Å². The van der Waals surface area contributed by atoms with Crippen molar-refractivity contribution >= 4 is 10.0 Å². The van der Waals surface area contributed by atoms with Crippen LogP contribution in [0, 0.1) is 0 Å². The van der Waals surface area contributed by atoms with E-state index in [-0.39, 0.29) is 5.03 Å². The van der Waals surface area contributed by atoms with Gasteiger partial charge in [0, 0.05) is 13.5 Å². The summed E-state index contributed by atoms with van der Waals surface area (Å²) in [7, 11) is -2.15. The van der Waals surface area contributed by atoms with Gasteiger partial charge in [-0.3, -0.25) is 4.68 Å². The van der Waals surface area contributed by atoms with Gasteiger partial charge in [0.2, 0.25) is 0 Å². The standard InChI is InChI=1S/C13H15N3O3S/c1-16-12(6-7-14-16)20(18,19)15-13-10-5-3-2-4-9(10)8-11(13)17/h2-7,11,13,15,17H,8H2,1H3. The molecule has 2 unspecified atom stereocenters. The number of nitrogens with one attached hydrogen (secondary N) is 1. The molecule has 1 aromatic heterocycles. The molecule has 3 rings (SSSR count). The third-order valence-corrected chi connectivity index (χ3v) is 5.05. The van der Waals surface area contributed by atoms with Crippen LogP contribution in [0.1, 0.15) is 17.2 Å². The molecule has 0 aliphatic heterocycles. The Kier molecular flexibility index (Phi) is 3.12. The Hall–Kier alpha value is -1.70. The number of hydrogen-bond donors (Lipinski definition) is 2. The van der Waals surface area contributed by atoms with E-state index in [0.717, 1.165) is 11.1 Å². The van der Waals surface area contributed by atoms with Gasteiger partial charge in [-0.1, -0.05) is 24.3 Å². The second kappa shape index (κ2) is 4.69. The maximum Gasteiger partial charge on any atom is 0.258 e. The molecule has 1 heterocycles. The van der Waals surface area contributed by atoms with Crippen LogP contribution in [0.4, 0.5) is 0 Å². The van der Waals surface area contributed by atoms with Crippen molar-refractivity contribution in [2.75, 3.05) is 0 Å². The average Bonchev–Trinajstić information content (AvgIpc) is 2.95. The van der Waals surface area contributed by atoms with E-state index < -0.39 is 22.2 Å². The number of aromatic nitrogens is 2. The first-order valence-corrected chi connectivity index (χ1v) is 7.73. The number of hydrogen-bond acceptors (Lipinski definition) is 4. The minimum absolute atomic E-state index is 0.0779. The number of rotatable bonds is 3. The molecule has 7 heteroatoms. The number of sulfonamides is 1. The van der Waals surface area contributed by atoms with E-state index in [1.54, 1.807) is 7.05 Å². The van der Waals surface area contributed by atoms with E-state index in [4.69, 9.17) is 0 Å². The molecule has 2 N–H and O–H groups in total. The quantitative estimate of drug-likeness (QED) is 0.855. The topological polar surface area (TPSA) is 84.2 Å². The fourth-order valence-electron chi connectivity index (χ4n) is 2.57. The monoisotopic (exact) mass is 293 g/mol. The Morgan fingerprint density at radius 2 is 2.10 bits per heavy atom. The Labute approximate surface area is 117 Å². The summed E-state index contributed by atoms with van der Waals surface area (Å²) < 4.78 is 28.5. The molecule has 1 aliphatic rings. The third kappa shape index (κ3) is 2.13. The van der Waals surface area contributed by atoms with Crippen LogP contribution in [0.5, 0.6) is 0 Å². The van der Waals surface area contributed by atoms with E-state index in [0.29, 0.717) is 6.42 Å². The highest BCUT2D eigenvalue weighted by Gasteiger charge is 2.34. The second-order valence-corrected chi connectivity index (χ2v) is 6.52. The lowest BCUT2D eigenvalue weighted by Gasteiger charge is -2.17. The predicted molar refractivity (Wildman–Crippen MR) is 72.4 cm³/mol. The van der Waals surface area contributed by atoms with Crippen LogP contribution in [0.25, 0.3) is 0 Å².